The second-order valence-corrected chi connectivity index (χ2v) is 7.47. The van der Waals surface area contributed by atoms with Crippen LogP contribution in [-0.2, 0) is 4.74 Å². The van der Waals surface area contributed by atoms with Crippen LogP contribution in [0.25, 0.3) is 0 Å². The highest BCUT2D eigenvalue weighted by Gasteiger charge is 2.16. The number of rotatable bonds is 5. The number of nitrogens with zero attached hydrogens (tertiary/aromatic N) is 2. The van der Waals surface area contributed by atoms with Gasteiger partial charge in [0.25, 0.3) is 5.69 Å². The number of non-ortho nitro benzene ring substituents is 1. The molecule has 0 saturated carbocycles. The summed E-state index contributed by atoms with van der Waals surface area (Å²) in [5.41, 5.74) is -0.113. The molecule has 8 nitrogen and oxygen atoms in total. The molecule has 1 unspecified atom stereocenters. The van der Waals surface area contributed by atoms with Crippen LogP contribution < -0.4 is 4.74 Å². The molecule has 1 aromatic heterocycles. The maximum Gasteiger partial charge on any atom is 0.511 e. The minimum atomic E-state index is -1.45. The number of aromatic nitrogens is 1. The van der Waals surface area contributed by atoms with Crippen LogP contribution in [0, 0.1) is 10.1 Å². The lowest BCUT2D eigenvalue weighted by molar-refractivity contribution is -0.384. The normalized spacial score (nSPS) is 15.6. The second kappa shape index (κ2) is 10.6. The van der Waals surface area contributed by atoms with Crippen molar-refractivity contribution >= 4 is 33.4 Å². The largest absolute Gasteiger partial charge is 0.511 e. The number of nitro groups is 1. The van der Waals surface area contributed by atoms with Gasteiger partial charge in [-0.25, -0.2) is 9.78 Å². The molecule has 1 N–H and O–H groups in total. The van der Waals surface area contributed by atoms with Crippen molar-refractivity contribution in [2.75, 3.05) is 13.2 Å². The van der Waals surface area contributed by atoms with E-state index in [1.54, 1.807) is 10.8 Å². The van der Waals surface area contributed by atoms with Gasteiger partial charge < -0.3 is 14.6 Å². The average Bonchev–Trinajstić information content (AvgIpc) is 3.15. The molecule has 10 heteroatoms. The van der Waals surface area contributed by atoms with Crippen LogP contribution in [0.15, 0.2) is 53.7 Å². The van der Waals surface area contributed by atoms with Crippen molar-refractivity contribution in [3.05, 3.63) is 58.8 Å². The van der Waals surface area contributed by atoms with Gasteiger partial charge in [-0.2, -0.15) is 0 Å². The molecule has 1 aromatic carbocycles. The Morgan fingerprint density at radius 1 is 1.31 bits per heavy atom. The van der Waals surface area contributed by atoms with Crippen LogP contribution in [0.2, 0.25) is 0 Å². The van der Waals surface area contributed by atoms with Crippen LogP contribution in [0.5, 0.6) is 5.75 Å². The number of benzene rings is 1. The second-order valence-electron chi connectivity index (χ2n) is 4.95. The third-order valence-electron chi connectivity index (χ3n) is 3.05. The van der Waals surface area contributed by atoms with E-state index in [0.717, 1.165) is 30.4 Å². The highest BCUT2D eigenvalue weighted by molar-refractivity contribution is 8.76. The minimum absolute atomic E-state index is 0.0538. The summed E-state index contributed by atoms with van der Waals surface area (Å²) in [6, 6.07) is 10.7. The van der Waals surface area contributed by atoms with Crippen molar-refractivity contribution in [3.63, 3.8) is 0 Å². The average molecular weight is 396 g/mol. The van der Waals surface area contributed by atoms with Crippen LogP contribution >= 0.6 is 21.6 Å². The molecular formula is C16H16N2O6S2. The summed E-state index contributed by atoms with van der Waals surface area (Å²) in [6.07, 6.45) is 1.55. The molecule has 1 aliphatic rings. The van der Waals surface area contributed by atoms with Crippen molar-refractivity contribution < 1.29 is 24.3 Å². The SMILES string of the molecule is O=C(O)Oc1ccc([N+](=O)[O-])cc1.c1ccc(SSC2CCOC2)nc1. The number of hydrogen-bond acceptors (Lipinski definition) is 8. The Labute approximate surface area is 157 Å². The first-order valence-corrected chi connectivity index (χ1v) is 9.73. The van der Waals surface area contributed by atoms with E-state index < -0.39 is 11.1 Å². The standard InChI is InChI=1S/C9H11NOS2.C7H5NO5/c1-2-5-10-9(3-1)13-12-8-4-6-11-7-8;9-7(10)13-6-3-1-5(2-4-6)8(11)12/h1-3,5,8H,4,6-7H2;1-4H,(H,9,10). The lowest BCUT2D eigenvalue weighted by atomic mass is 10.3. The quantitative estimate of drug-likeness (QED) is 0.260. The van der Waals surface area contributed by atoms with Gasteiger partial charge in [-0.1, -0.05) is 16.9 Å². The summed E-state index contributed by atoms with van der Waals surface area (Å²) in [4.78, 5) is 23.9. The molecule has 0 spiro atoms. The predicted octanol–water partition coefficient (Wildman–Crippen LogP) is 4.26. The third-order valence-corrected chi connectivity index (χ3v) is 5.82. The molecule has 2 heterocycles. The first kappa shape index (κ1) is 20.0. The van der Waals surface area contributed by atoms with Gasteiger partial charge in [0, 0.05) is 30.2 Å². The van der Waals surface area contributed by atoms with Crippen LogP contribution in [0.3, 0.4) is 0 Å². The lowest BCUT2D eigenvalue weighted by Gasteiger charge is -2.04. The smallest absolute Gasteiger partial charge is 0.449 e. The zero-order valence-corrected chi connectivity index (χ0v) is 15.1. The molecule has 138 valence electrons. The van der Waals surface area contributed by atoms with E-state index in [-0.39, 0.29) is 11.4 Å². The van der Waals surface area contributed by atoms with E-state index in [1.807, 2.05) is 35.2 Å². The number of carbonyl (C=O) groups is 1. The van der Waals surface area contributed by atoms with Crippen molar-refractivity contribution in [3.8, 4) is 5.75 Å². The summed E-state index contributed by atoms with van der Waals surface area (Å²) in [6.45, 7) is 1.81. The molecule has 0 bridgehead atoms. The van der Waals surface area contributed by atoms with E-state index in [4.69, 9.17) is 9.84 Å². The summed E-state index contributed by atoms with van der Waals surface area (Å²) < 4.78 is 9.53. The maximum atomic E-state index is 10.2. The molecule has 0 aliphatic carbocycles. The molecule has 26 heavy (non-hydrogen) atoms. The molecule has 1 aliphatic heterocycles. The summed E-state index contributed by atoms with van der Waals surface area (Å²) in [5.74, 6) is 0.0538. The molecule has 3 rings (SSSR count). The zero-order chi connectivity index (χ0) is 18.8. The van der Waals surface area contributed by atoms with Gasteiger partial charge in [0.2, 0.25) is 0 Å². The maximum absolute atomic E-state index is 10.2. The van der Waals surface area contributed by atoms with Crippen LogP contribution in [0.4, 0.5) is 10.5 Å². The number of nitro benzene ring substituents is 1. The van der Waals surface area contributed by atoms with Crippen LogP contribution in [0.1, 0.15) is 6.42 Å². The van der Waals surface area contributed by atoms with Crippen LogP contribution in [-0.4, -0.2) is 39.6 Å². The fraction of sp³-hybridized carbons (Fsp3) is 0.250. The number of carboxylic acid groups (broad SMARTS) is 1. The zero-order valence-electron chi connectivity index (χ0n) is 13.5. The van der Waals surface area contributed by atoms with Gasteiger partial charge in [-0.3, -0.25) is 10.1 Å². The molecule has 2 aromatic rings. The molecule has 1 atom stereocenters. The van der Waals surface area contributed by atoms with Gasteiger partial charge in [0.05, 0.1) is 11.5 Å². The van der Waals surface area contributed by atoms with E-state index in [1.165, 1.54) is 18.6 Å². The van der Waals surface area contributed by atoms with E-state index >= 15 is 0 Å². The van der Waals surface area contributed by atoms with E-state index in [2.05, 4.69) is 9.72 Å². The molecule has 1 fully saturated rings. The third kappa shape index (κ3) is 7.30. The van der Waals surface area contributed by atoms with Gasteiger partial charge in [0.15, 0.2) is 0 Å². The van der Waals surface area contributed by atoms with Crippen molar-refractivity contribution in [2.45, 2.75) is 16.7 Å². The molecule has 1 saturated heterocycles. The highest BCUT2D eigenvalue weighted by Crippen LogP contribution is 2.36. The molecule has 0 amide bonds. The summed E-state index contributed by atoms with van der Waals surface area (Å²) >= 11 is 0. The Morgan fingerprint density at radius 3 is 2.62 bits per heavy atom. The predicted molar refractivity (Wildman–Crippen MR) is 98.7 cm³/mol. The van der Waals surface area contributed by atoms with Gasteiger partial charge >= 0.3 is 6.16 Å². The van der Waals surface area contributed by atoms with Crippen molar-refractivity contribution in [2.24, 2.45) is 0 Å². The Hall–Kier alpha value is -2.30. The van der Waals surface area contributed by atoms with Gasteiger partial charge in [-0.05, 0) is 41.5 Å². The lowest BCUT2D eigenvalue weighted by Crippen LogP contribution is -2.02. The monoisotopic (exact) mass is 396 g/mol. The summed E-state index contributed by atoms with van der Waals surface area (Å²) in [7, 11) is 3.61. The Balaban J connectivity index is 0.000000187. The Kier molecular flexibility index (Phi) is 8.19. The molecular weight excluding hydrogens is 380 g/mol. The number of hydrogen-bond donors (Lipinski definition) is 1. The van der Waals surface area contributed by atoms with Crippen molar-refractivity contribution in [1.82, 2.24) is 4.98 Å². The van der Waals surface area contributed by atoms with Gasteiger partial charge in [0.1, 0.15) is 10.8 Å². The van der Waals surface area contributed by atoms with Crippen molar-refractivity contribution in [1.29, 1.82) is 0 Å². The van der Waals surface area contributed by atoms with Gasteiger partial charge in [-0.15, -0.1) is 0 Å². The topological polar surface area (TPSA) is 112 Å². The fourth-order valence-corrected chi connectivity index (χ4v) is 4.11. The Morgan fingerprint density at radius 2 is 2.08 bits per heavy atom. The number of pyridine rings is 1. The highest BCUT2D eigenvalue weighted by atomic mass is 33.1. The first-order valence-electron chi connectivity index (χ1n) is 7.52. The summed E-state index contributed by atoms with van der Waals surface area (Å²) in [5, 5.41) is 20.1. The minimum Gasteiger partial charge on any atom is -0.449 e. The first-order chi connectivity index (χ1) is 12.5. The number of ether oxygens (including phenoxy) is 2. The van der Waals surface area contributed by atoms with E-state index in [9.17, 15) is 14.9 Å². The fourth-order valence-electron chi connectivity index (χ4n) is 1.84. The molecule has 0 radical (unpaired) electrons. The Bertz CT molecular complexity index is 708. The van der Waals surface area contributed by atoms with E-state index in [0.29, 0.717) is 5.25 Å².